The minimum absolute atomic E-state index is 0.0235. The van der Waals surface area contributed by atoms with Gasteiger partial charge in [-0.1, -0.05) is 43.7 Å². The molecule has 45 heavy (non-hydrogen) atoms. The highest BCUT2D eigenvalue weighted by molar-refractivity contribution is 5.88. The number of nitrogens with zero attached hydrogens (tertiary/aromatic N) is 2. The van der Waals surface area contributed by atoms with Gasteiger partial charge in [-0.25, -0.2) is 9.37 Å². The molecule has 8 nitrogen and oxygen atoms in total. The Labute approximate surface area is 263 Å². The van der Waals surface area contributed by atoms with E-state index >= 15 is 0 Å². The molecule has 0 radical (unpaired) electrons. The summed E-state index contributed by atoms with van der Waals surface area (Å²) < 4.78 is 27.4. The van der Waals surface area contributed by atoms with Crippen LogP contribution in [0.15, 0.2) is 85.2 Å². The van der Waals surface area contributed by atoms with E-state index in [-0.39, 0.29) is 24.2 Å². The van der Waals surface area contributed by atoms with Crippen molar-refractivity contribution in [1.82, 2.24) is 20.2 Å². The minimum atomic E-state index is -0.757. The van der Waals surface area contributed by atoms with Crippen LogP contribution in [0, 0.1) is 5.82 Å². The summed E-state index contributed by atoms with van der Waals surface area (Å²) in [6, 6.07) is 20.8. The zero-order valence-electron chi connectivity index (χ0n) is 25.5. The van der Waals surface area contributed by atoms with E-state index in [1.165, 1.54) is 12.1 Å². The fourth-order valence-electron chi connectivity index (χ4n) is 5.19. The smallest absolute Gasteiger partial charge is 0.242 e. The number of rotatable bonds is 5. The van der Waals surface area contributed by atoms with Crippen molar-refractivity contribution in [1.29, 1.82) is 0 Å². The first-order valence-corrected chi connectivity index (χ1v) is 15.5. The second kappa shape index (κ2) is 15.7. The van der Waals surface area contributed by atoms with E-state index < -0.39 is 6.04 Å². The van der Waals surface area contributed by atoms with Crippen molar-refractivity contribution < 1.29 is 23.5 Å². The summed E-state index contributed by atoms with van der Waals surface area (Å²) in [6.45, 7) is 3.42. The number of aromatic nitrogens is 2. The molecule has 0 spiro atoms. The molecule has 9 heteroatoms. The maximum absolute atomic E-state index is 13.7. The largest absolute Gasteiger partial charge is 0.494 e. The molecule has 1 aromatic heterocycles. The summed E-state index contributed by atoms with van der Waals surface area (Å²) >= 11 is 0. The number of halogens is 1. The molecule has 2 aliphatic rings. The van der Waals surface area contributed by atoms with Crippen molar-refractivity contribution in [2.75, 3.05) is 19.8 Å². The van der Waals surface area contributed by atoms with Gasteiger partial charge >= 0.3 is 0 Å². The molecule has 234 valence electrons. The zero-order valence-corrected chi connectivity index (χ0v) is 25.5. The lowest BCUT2D eigenvalue weighted by Crippen LogP contribution is -2.49. The van der Waals surface area contributed by atoms with Crippen molar-refractivity contribution in [3.05, 3.63) is 108 Å². The van der Waals surface area contributed by atoms with Crippen molar-refractivity contribution in [2.24, 2.45) is 0 Å². The van der Waals surface area contributed by atoms with E-state index in [2.05, 4.69) is 22.5 Å². The van der Waals surface area contributed by atoms with Gasteiger partial charge in [0.25, 0.3) is 0 Å². The first-order valence-electron chi connectivity index (χ1n) is 15.5. The maximum atomic E-state index is 13.7. The monoisotopic (exact) mass is 610 g/mol. The van der Waals surface area contributed by atoms with E-state index in [0.29, 0.717) is 50.5 Å². The molecule has 6 rings (SSSR count). The molecule has 1 atom stereocenters. The van der Waals surface area contributed by atoms with Gasteiger partial charge < -0.3 is 24.7 Å². The summed E-state index contributed by atoms with van der Waals surface area (Å²) in [5, 5.41) is 5.91. The van der Waals surface area contributed by atoms with Crippen molar-refractivity contribution in [3.8, 4) is 22.8 Å². The standard InChI is InChI=1S/C36H39FN4O4/c1-2-3-19-38-36(43)32-23-27-11-17-30(18-12-27)44-20-5-8-26-7-4-9-31(22-26)45-21-6-10-33-35(28-13-15-29(37)16-14-28)39-25-41(33)24-34(42)40-32/h4-5,7-9,11-18,22,25,32H,2-3,6,10,19-21,23-24H2,1H3,(H,38,43)(H,40,42)/b8-5-/t32-/m0/s1. The fraction of sp³-hybridized carbons (Fsp3) is 0.306. The maximum Gasteiger partial charge on any atom is 0.242 e. The van der Waals surface area contributed by atoms with Crippen LogP contribution in [0.25, 0.3) is 17.3 Å². The second-order valence-electron chi connectivity index (χ2n) is 11.0. The molecule has 0 aliphatic carbocycles. The lowest BCUT2D eigenvalue weighted by Gasteiger charge is -2.20. The number of hydrogen-bond donors (Lipinski definition) is 2. The molecule has 4 aromatic rings. The van der Waals surface area contributed by atoms with Crippen molar-refractivity contribution in [2.45, 2.75) is 51.6 Å². The summed E-state index contributed by atoms with van der Waals surface area (Å²) in [5.74, 6) is 0.596. The Kier molecular flexibility index (Phi) is 11.0. The zero-order chi connectivity index (χ0) is 31.4. The summed E-state index contributed by atoms with van der Waals surface area (Å²) in [5.41, 5.74) is 4.17. The Morgan fingerprint density at radius 2 is 1.89 bits per heavy atom. The number of carbonyl (C=O) groups is 2. The van der Waals surface area contributed by atoms with Gasteiger partial charge in [-0.05, 0) is 85.0 Å². The summed E-state index contributed by atoms with van der Waals surface area (Å²) in [6.07, 6.45) is 8.93. The SMILES string of the molecule is CCCCNC(=O)[C@@H]1Cc2ccc(cc2)OC/C=C\c2cccc(c2)OCCCc2c(-c3ccc(F)cc3)ncn2CC(=O)N1. The van der Waals surface area contributed by atoms with Gasteiger partial charge in [0.2, 0.25) is 11.8 Å². The van der Waals surface area contributed by atoms with Gasteiger partial charge in [0.1, 0.15) is 36.5 Å². The molecule has 2 amide bonds. The summed E-state index contributed by atoms with van der Waals surface area (Å²) in [7, 11) is 0. The van der Waals surface area contributed by atoms with Crippen LogP contribution in [0.4, 0.5) is 4.39 Å². The van der Waals surface area contributed by atoms with Gasteiger partial charge in [0.05, 0.1) is 18.6 Å². The first kappa shape index (κ1) is 31.5. The lowest BCUT2D eigenvalue weighted by atomic mass is 10.0. The normalized spacial score (nSPS) is 16.6. The van der Waals surface area contributed by atoms with Crippen LogP contribution in [-0.4, -0.2) is 47.2 Å². The molecule has 0 unspecified atom stereocenters. The lowest BCUT2D eigenvalue weighted by molar-refractivity contribution is -0.129. The number of carbonyl (C=O) groups excluding carboxylic acids is 2. The van der Waals surface area contributed by atoms with Crippen LogP contribution in [0.5, 0.6) is 11.5 Å². The Balaban J connectivity index is 1.42. The topological polar surface area (TPSA) is 94.5 Å². The van der Waals surface area contributed by atoms with Gasteiger partial charge in [0.15, 0.2) is 0 Å². The molecule has 0 saturated heterocycles. The molecular weight excluding hydrogens is 571 g/mol. The molecule has 3 heterocycles. The van der Waals surface area contributed by atoms with E-state index in [1.54, 1.807) is 23.0 Å². The number of ether oxygens (including phenoxy) is 2. The molecular formula is C36H39FN4O4. The number of nitrogens with one attached hydrogen (secondary N) is 2. The molecule has 4 bridgehead atoms. The van der Waals surface area contributed by atoms with E-state index in [9.17, 15) is 14.0 Å². The van der Waals surface area contributed by atoms with Crippen LogP contribution >= 0.6 is 0 Å². The molecule has 2 N–H and O–H groups in total. The number of fused-ring (bicyclic) bond motifs is 11. The van der Waals surface area contributed by atoms with Crippen molar-refractivity contribution >= 4 is 17.9 Å². The number of hydrogen-bond acceptors (Lipinski definition) is 5. The first-order chi connectivity index (χ1) is 22.0. The van der Waals surface area contributed by atoms with E-state index in [1.807, 2.05) is 60.7 Å². The van der Waals surface area contributed by atoms with Crippen LogP contribution in [0.1, 0.15) is 43.0 Å². The average molecular weight is 611 g/mol. The number of benzene rings is 3. The summed E-state index contributed by atoms with van der Waals surface area (Å²) in [4.78, 5) is 31.2. The predicted molar refractivity (Wildman–Crippen MR) is 172 cm³/mol. The highest BCUT2D eigenvalue weighted by Gasteiger charge is 2.23. The molecule has 2 aliphatic heterocycles. The van der Waals surface area contributed by atoms with Crippen LogP contribution < -0.4 is 20.1 Å². The fourth-order valence-corrected chi connectivity index (χ4v) is 5.19. The highest BCUT2D eigenvalue weighted by Crippen LogP contribution is 2.25. The molecule has 0 fully saturated rings. The van der Waals surface area contributed by atoms with Gasteiger partial charge in [-0.15, -0.1) is 0 Å². The third-order valence-electron chi connectivity index (χ3n) is 7.56. The van der Waals surface area contributed by atoms with E-state index in [0.717, 1.165) is 41.0 Å². The van der Waals surface area contributed by atoms with Gasteiger partial charge in [-0.2, -0.15) is 0 Å². The van der Waals surface area contributed by atoms with Gasteiger partial charge in [-0.3, -0.25) is 9.59 Å². The Bertz CT molecular complexity index is 1600. The third-order valence-corrected chi connectivity index (χ3v) is 7.56. The van der Waals surface area contributed by atoms with Crippen LogP contribution in [-0.2, 0) is 29.0 Å². The van der Waals surface area contributed by atoms with Crippen LogP contribution in [0.2, 0.25) is 0 Å². The molecule has 3 aromatic carbocycles. The average Bonchev–Trinajstić information content (AvgIpc) is 3.43. The van der Waals surface area contributed by atoms with Crippen molar-refractivity contribution in [3.63, 3.8) is 0 Å². The van der Waals surface area contributed by atoms with Gasteiger partial charge in [0, 0.05) is 24.2 Å². The Hall–Kier alpha value is -4.92. The Morgan fingerprint density at radius 1 is 1.07 bits per heavy atom. The predicted octanol–water partition coefficient (Wildman–Crippen LogP) is 5.75. The minimum Gasteiger partial charge on any atom is -0.494 e. The number of amides is 2. The second-order valence-corrected chi connectivity index (χ2v) is 11.0. The number of unbranched alkanes of at least 4 members (excludes halogenated alkanes) is 1. The Morgan fingerprint density at radius 3 is 2.69 bits per heavy atom. The third kappa shape index (κ3) is 9.04. The van der Waals surface area contributed by atoms with E-state index in [4.69, 9.17) is 9.47 Å². The molecule has 0 saturated carbocycles. The quantitative estimate of drug-likeness (QED) is 0.281. The van der Waals surface area contributed by atoms with Crippen LogP contribution in [0.3, 0.4) is 0 Å². The number of imidazole rings is 1. The highest BCUT2D eigenvalue weighted by atomic mass is 19.1.